The second kappa shape index (κ2) is 4.46. The van der Waals surface area contributed by atoms with Crippen molar-refractivity contribution in [1.29, 1.82) is 0 Å². The van der Waals surface area contributed by atoms with Crippen LogP contribution in [0, 0.1) is 0 Å². The lowest BCUT2D eigenvalue weighted by molar-refractivity contribution is -0.139. The second-order valence-corrected chi connectivity index (χ2v) is 2.20. The summed E-state index contributed by atoms with van der Waals surface area (Å²) in [5, 5.41) is 0. The molecule has 0 aliphatic rings. The minimum atomic E-state index is -2.07. The van der Waals surface area contributed by atoms with Gasteiger partial charge in [-0.15, -0.1) is 0 Å². The van der Waals surface area contributed by atoms with Crippen LogP contribution in [0.3, 0.4) is 0 Å². The van der Waals surface area contributed by atoms with E-state index in [1.807, 2.05) is 0 Å². The molecule has 0 aromatic carbocycles. The highest BCUT2D eigenvalue weighted by Gasteiger charge is 2.04. The molecule has 0 aliphatic carbocycles. The van der Waals surface area contributed by atoms with Gasteiger partial charge in [-0.25, -0.2) is 4.21 Å². The van der Waals surface area contributed by atoms with Gasteiger partial charge in [0.05, 0.1) is 6.61 Å². The third-order valence-electron chi connectivity index (χ3n) is 0.547. The number of hydrogen-bond donors (Lipinski definition) is 1. The van der Waals surface area contributed by atoms with E-state index >= 15 is 0 Å². The highest BCUT2D eigenvalue weighted by Crippen LogP contribution is 1.80. The van der Waals surface area contributed by atoms with Crippen LogP contribution in [0.1, 0.15) is 6.92 Å². The van der Waals surface area contributed by atoms with Crippen LogP contribution in [0.5, 0.6) is 0 Å². The van der Waals surface area contributed by atoms with Gasteiger partial charge < -0.3 is 9.29 Å². The van der Waals surface area contributed by atoms with Crippen molar-refractivity contribution in [2.45, 2.75) is 6.92 Å². The SMILES string of the molecule is CCOC(=O)CS(=O)O. The predicted octanol–water partition coefficient (Wildman–Crippen LogP) is -0.229. The molecule has 0 aliphatic heterocycles. The molecule has 0 amide bonds. The summed E-state index contributed by atoms with van der Waals surface area (Å²) in [7, 11) is 0. The Morgan fingerprint density at radius 3 is 2.67 bits per heavy atom. The summed E-state index contributed by atoms with van der Waals surface area (Å²) in [4.78, 5) is 10.3. The largest absolute Gasteiger partial charge is 0.465 e. The quantitative estimate of drug-likeness (QED) is 0.448. The molecule has 9 heavy (non-hydrogen) atoms. The van der Waals surface area contributed by atoms with Crippen molar-refractivity contribution in [2.75, 3.05) is 12.4 Å². The lowest BCUT2D eigenvalue weighted by Gasteiger charge is -1.95. The van der Waals surface area contributed by atoms with Crippen LogP contribution >= 0.6 is 0 Å². The maximum absolute atomic E-state index is 10.3. The van der Waals surface area contributed by atoms with E-state index in [1.165, 1.54) is 0 Å². The second-order valence-electron chi connectivity index (χ2n) is 1.27. The van der Waals surface area contributed by atoms with Gasteiger partial charge in [0.2, 0.25) is 0 Å². The maximum atomic E-state index is 10.3. The highest BCUT2D eigenvalue weighted by molar-refractivity contribution is 7.80. The molecule has 0 aromatic heterocycles. The maximum Gasteiger partial charge on any atom is 0.320 e. The zero-order chi connectivity index (χ0) is 7.28. The van der Waals surface area contributed by atoms with E-state index in [1.54, 1.807) is 6.92 Å². The number of esters is 1. The lowest BCUT2D eigenvalue weighted by atomic mass is 10.8. The van der Waals surface area contributed by atoms with Crippen molar-refractivity contribution in [1.82, 2.24) is 0 Å². The molecule has 54 valence electrons. The van der Waals surface area contributed by atoms with Gasteiger partial charge in [0, 0.05) is 0 Å². The molecule has 1 unspecified atom stereocenters. The van der Waals surface area contributed by atoms with Crippen molar-refractivity contribution >= 4 is 17.0 Å². The van der Waals surface area contributed by atoms with Gasteiger partial charge >= 0.3 is 5.97 Å². The molecule has 0 fully saturated rings. The molecule has 5 heteroatoms. The Morgan fingerprint density at radius 2 is 2.33 bits per heavy atom. The monoisotopic (exact) mass is 152 g/mol. The van der Waals surface area contributed by atoms with Crippen LogP contribution in [0.25, 0.3) is 0 Å². The first-order valence-corrected chi connectivity index (χ1v) is 3.67. The van der Waals surface area contributed by atoms with Crippen LogP contribution in [-0.2, 0) is 20.6 Å². The smallest absolute Gasteiger partial charge is 0.320 e. The van der Waals surface area contributed by atoms with Crippen LogP contribution in [0.15, 0.2) is 0 Å². The van der Waals surface area contributed by atoms with E-state index in [9.17, 15) is 9.00 Å². The van der Waals surface area contributed by atoms with Gasteiger partial charge in [0.1, 0.15) is 5.75 Å². The average molecular weight is 152 g/mol. The molecule has 0 spiro atoms. The summed E-state index contributed by atoms with van der Waals surface area (Å²) in [6, 6.07) is 0. The van der Waals surface area contributed by atoms with E-state index in [0.717, 1.165) is 0 Å². The highest BCUT2D eigenvalue weighted by atomic mass is 32.2. The van der Waals surface area contributed by atoms with Gasteiger partial charge in [-0.3, -0.25) is 4.79 Å². The third-order valence-corrected chi connectivity index (χ3v) is 1.03. The molecule has 0 aromatic rings. The summed E-state index contributed by atoms with van der Waals surface area (Å²) in [6.07, 6.45) is 0. The fourth-order valence-corrected chi connectivity index (χ4v) is 0.588. The van der Waals surface area contributed by atoms with E-state index in [2.05, 4.69) is 4.74 Å². The fraction of sp³-hybridized carbons (Fsp3) is 0.750. The van der Waals surface area contributed by atoms with E-state index in [0.29, 0.717) is 0 Å². The van der Waals surface area contributed by atoms with E-state index < -0.39 is 22.8 Å². The van der Waals surface area contributed by atoms with Gasteiger partial charge in [0.15, 0.2) is 11.1 Å². The van der Waals surface area contributed by atoms with Crippen LogP contribution in [0.4, 0.5) is 0 Å². The zero-order valence-electron chi connectivity index (χ0n) is 4.99. The normalized spacial score (nSPS) is 12.7. The van der Waals surface area contributed by atoms with Crippen LogP contribution in [-0.4, -0.2) is 27.1 Å². The number of hydrogen-bond acceptors (Lipinski definition) is 3. The third kappa shape index (κ3) is 5.45. The Labute approximate surface area is 55.5 Å². The molecule has 0 heterocycles. The van der Waals surface area contributed by atoms with Gasteiger partial charge in [-0.1, -0.05) is 0 Å². The molecular weight excluding hydrogens is 144 g/mol. The van der Waals surface area contributed by atoms with Crippen molar-refractivity contribution in [3.8, 4) is 0 Å². The Bertz CT molecular complexity index is 122. The molecule has 4 nitrogen and oxygen atoms in total. The number of carbonyl (C=O) groups excluding carboxylic acids is 1. The molecule has 1 atom stereocenters. The zero-order valence-corrected chi connectivity index (χ0v) is 5.81. The summed E-state index contributed by atoms with van der Waals surface area (Å²) >= 11 is -2.07. The van der Waals surface area contributed by atoms with Crippen molar-refractivity contribution in [3.63, 3.8) is 0 Å². The minimum absolute atomic E-state index is 0.246. The summed E-state index contributed by atoms with van der Waals surface area (Å²) in [5.74, 6) is -1.08. The summed E-state index contributed by atoms with van der Waals surface area (Å²) in [5.41, 5.74) is 0. The Hall–Kier alpha value is -0.420. The predicted molar refractivity (Wildman–Crippen MR) is 32.3 cm³/mol. The van der Waals surface area contributed by atoms with Gasteiger partial charge in [-0.05, 0) is 6.92 Å². The Balaban J connectivity index is 3.39. The lowest BCUT2D eigenvalue weighted by Crippen LogP contribution is -2.12. The van der Waals surface area contributed by atoms with Crippen LogP contribution in [0.2, 0.25) is 0 Å². The van der Waals surface area contributed by atoms with E-state index in [4.69, 9.17) is 4.55 Å². The van der Waals surface area contributed by atoms with Crippen LogP contribution < -0.4 is 0 Å². The summed E-state index contributed by atoms with van der Waals surface area (Å²) in [6.45, 7) is 1.88. The molecule has 0 saturated heterocycles. The molecule has 0 radical (unpaired) electrons. The van der Waals surface area contributed by atoms with Crippen molar-refractivity contribution in [3.05, 3.63) is 0 Å². The number of ether oxygens (including phenoxy) is 1. The Kier molecular flexibility index (Phi) is 4.25. The molecule has 0 saturated carbocycles. The Morgan fingerprint density at radius 1 is 1.78 bits per heavy atom. The molecule has 0 bridgehead atoms. The van der Waals surface area contributed by atoms with E-state index in [-0.39, 0.29) is 6.61 Å². The number of carbonyl (C=O) groups is 1. The van der Waals surface area contributed by atoms with Crippen molar-refractivity contribution in [2.24, 2.45) is 0 Å². The standard InChI is InChI=1S/C4H8O4S/c1-2-8-4(5)3-9(6)7/h2-3H2,1H3,(H,6,7). The topological polar surface area (TPSA) is 63.6 Å². The average Bonchev–Trinajstić information content (AvgIpc) is 1.63. The molecule has 1 N–H and O–H groups in total. The number of rotatable bonds is 3. The first-order chi connectivity index (χ1) is 4.16. The van der Waals surface area contributed by atoms with Crippen molar-refractivity contribution < 1.29 is 18.3 Å². The molecule has 0 rings (SSSR count). The first-order valence-electron chi connectivity index (χ1n) is 2.40. The fourth-order valence-electron chi connectivity index (χ4n) is 0.303. The summed E-state index contributed by atoms with van der Waals surface area (Å²) < 4.78 is 22.4. The van der Waals surface area contributed by atoms with Gasteiger partial charge in [0.25, 0.3) is 0 Å². The molecular formula is C4H8O4S. The van der Waals surface area contributed by atoms with Gasteiger partial charge in [-0.2, -0.15) is 0 Å². The first kappa shape index (κ1) is 8.58. The minimum Gasteiger partial charge on any atom is -0.465 e.